The van der Waals surface area contributed by atoms with Crippen LogP contribution in [0.4, 0.5) is 26.3 Å². The van der Waals surface area contributed by atoms with E-state index in [1.165, 1.54) is 20.2 Å². The van der Waals surface area contributed by atoms with E-state index in [-0.39, 0.29) is 0 Å². The zero-order valence-corrected chi connectivity index (χ0v) is 16.2. The lowest BCUT2D eigenvalue weighted by molar-refractivity contribution is -0.376. The number of rotatable bonds is 5. The first kappa shape index (κ1) is 23.7. The van der Waals surface area contributed by atoms with Gasteiger partial charge in [-0.1, -0.05) is 37.3 Å². The van der Waals surface area contributed by atoms with E-state index in [0.717, 1.165) is 17.2 Å². The van der Waals surface area contributed by atoms with Gasteiger partial charge in [0, 0.05) is 18.2 Å². The summed E-state index contributed by atoms with van der Waals surface area (Å²) in [6.07, 6.45) is -11.4. The summed E-state index contributed by atoms with van der Waals surface area (Å²) >= 11 is 0. The van der Waals surface area contributed by atoms with Gasteiger partial charge in [-0.15, -0.1) is 0 Å². The van der Waals surface area contributed by atoms with E-state index in [2.05, 4.69) is 0 Å². The third kappa shape index (κ3) is 4.15. The first-order chi connectivity index (χ1) is 13.8. The van der Waals surface area contributed by atoms with Crippen molar-refractivity contribution in [2.24, 2.45) is 0 Å². The maximum absolute atomic E-state index is 13.0. The van der Waals surface area contributed by atoms with Crippen LogP contribution in [0.25, 0.3) is 11.1 Å². The molecule has 4 nitrogen and oxygen atoms in total. The Bertz CT molecular complexity index is 892. The van der Waals surface area contributed by atoms with Gasteiger partial charge in [0.1, 0.15) is 0 Å². The number of hydroxylamine groups is 2. The lowest BCUT2D eigenvalue weighted by Crippen LogP contribution is -2.53. The monoisotopic (exact) mass is 435 g/mol. The third-order valence-corrected chi connectivity index (χ3v) is 4.73. The molecule has 0 saturated carbocycles. The van der Waals surface area contributed by atoms with Crippen LogP contribution >= 0.6 is 0 Å². The second kappa shape index (κ2) is 8.27. The number of aliphatic hydroxyl groups is 1. The van der Waals surface area contributed by atoms with Crippen molar-refractivity contribution < 1.29 is 41.1 Å². The fraction of sp³-hybridized carbons (Fsp3) is 0.350. The molecule has 0 heterocycles. The average Bonchev–Trinajstić information content (AvgIpc) is 2.69. The van der Waals surface area contributed by atoms with Crippen molar-refractivity contribution in [3.05, 3.63) is 59.2 Å². The second-order valence-corrected chi connectivity index (χ2v) is 6.49. The summed E-state index contributed by atoms with van der Waals surface area (Å²) in [5.74, 6) is -0.422. The summed E-state index contributed by atoms with van der Waals surface area (Å²) in [6, 6.07) is 7.90. The molecule has 164 valence electrons. The molecule has 0 saturated heterocycles. The Kier molecular flexibility index (Phi) is 6.53. The van der Waals surface area contributed by atoms with Gasteiger partial charge in [0.25, 0.3) is 11.5 Å². The van der Waals surface area contributed by atoms with Crippen molar-refractivity contribution in [2.45, 2.75) is 31.3 Å². The maximum atomic E-state index is 13.0. The molecule has 0 aliphatic rings. The summed E-state index contributed by atoms with van der Waals surface area (Å²) in [5, 5.41) is 10.5. The number of benzene rings is 2. The van der Waals surface area contributed by atoms with Crippen molar-refractivity contribution in [1.29, 1.82) is 0 Å². The molecule has 0 radical (unpaired) electrons. The van der Waals surface area contributed by atoms with Crippen LogP contribution in [-0.4, -0.2) is 42.6 Å². The van der Waals surface area contributed by atoms with Gasteiger partial charge in [0.2, 0.25) is 0 Å². The molecular weight excluding hydrogens is 416 g/mol. The molecule has 0 atom stereocenters. The van der Waals surface area contributed by atoms with Gasteiger partial charge >= 0.3 is 12.4 Å². The van der Waals surface area contributed by atoms with Crippen LogP contribution in [0.15, 0.2) is 42.5 Å². The summed E-state index contributed by atoms with van der Waals surface area (Å²) in [7, 11) is 2.74. The predicted molar refractivity (Wildman–Crippen MR) is 96.4 cm³/mol. The quantitative estimate of drug-likeness (QED) is 0.539. The second-order valence-electron chi connectivity index (χ2n) is 6.49. The van der Waals surface area contributed by atoms with Gasteiger partial charge in [-0.3, -0.25) is 9.63 Å². The molecule has 0 fully saturated rings. The highest BCUT2D eigenvalue weighted by molar-refractivity contribution is 5.94. The number of halogens is 6. The van der Waals surface area contributed by atoms with Gasteiger partial charge in [0.05, 0.1) is 7.11 Å². The number of alkyl halides is 6. The minimum absolute atomic E-state index is 0.306. The molecule has 1 amide bonds. The predicted octanol–water partition coefficient (Wildman–Crippen LogP) is 4.86. The number of hydrogen-bond acceptors (Lipinski definition) is 3. The van der Waals surface area contributed by atoms with Gasteiger partial charge in [-0.2, -0.15) is 26.3 Å². The van der Waals surface area contributed by atoms with Crippen molar-refractivity contribution in [1.82, 2.24) is 5.06 Å². The van der Waals surface area contributed by atoms with Gasteiger partial charge in [0.15, 0.2) is 0 Å². The first-order valence-electron chi connectivity index (χ1n) is 8.69. The molecule has 30 heavy (non-hydrogen) atoms. The van der Waals surface area contributed by atoms with E-state index in [9.17, 15) is 36.2 Å². The number of amides is 1. The van der Waals surface area contributed by atoms with Crippen LogP contribution in [-0.2, 0) is 16.9 Å². The summed E-state index contributed by atoms with van der Waals surface area (Å²) in [6.45, 7) is 1.79. The largest absolute Gasteiger partial charge is 0.430 e. The zero-order chi connectivity index (χ0) is 22.9. The SMILES string of the molecule is CCc1cc(C(=O)N(C)OC)ccc1-c1ccc(C(O)(C(F)(F)F)C(F)(F)F)cc1. The molecule has 0 spiro atoms. The van der Waals surface area contributed by atoms with E-state index >= 15 is 0 Å². The highest BCUT2D eigenvalue weighted by Gasteiger charge is 2.71. The van der Waals surface area contributed by atoms with Crippen LogP contribution < -0.4 is 0 Å². The molecule has 0 unspecified atom stereocenters. The molecule has 0 aromatic heterocycles. The molecule has 10 heteroatoms. The Hall–Kier alpha value is -2.59. The van der Waals surface area contributed by atoms with Crippen LogP contribution in [0, 0.1) is 0 Å². The van der Waals surface area contributed by atoms with Crippen molar-refractivity contribution in [3.63, 3.8) is 0 Å². The number of carbonyl (C=O) groups excluding carboxylic acids is 1. The minimum atomic E-state index is -5.95. The molecule has 1 N–H and O–H groups in total. The molecule has 0 bridgehead atoms. The number of aryl methyl sites for hydroxylation is 1. The van der Waals surface area contributed by atoms with E-state index in [1.54, 1.807) is 19.1 Å². The maximum Gasteiger partial charge on any atom is 0.430 e. The Labute approximate surface area is 168 Å². The van der Waals surface area contributed by atoms with Crippen LogP contribution in [0.3, 0.4) is 0 Å². The molecule has 2 aromatic carbocycles. The molecular formula is C20H19F6NO3. The Morgan fingerprint density at radius 3 is 1.97 bits per heavy atom. The first-order valence-corrected chi connectivity index (χ1v) is 8.69. The molecule has 0 aliphatic heterocycles. The van der Waals surface area contributed by atoms with Gasteiger partial charge in [-0.05, 0) is 35.2 Å². The van der Waals surface area contributed by atoms with Gasteiger partial charge in [-0.25, -0.2) is 5.06 Å². The van der Waals surface area contributed by atoms with Crippen LogP contribution in [0.2, 0.25) is 0 Å². The highest BCUT2D eigenvalue weighted by Crippen LogP contribution is 2.50. The number of nitrogens with zero attached hydrogens (tertiary/aromatic N) is 1. The van der Waals surface area contributed by atoms with Crippen molar-refractivity contribution in [3.8, 4) is 11.1 Å². The number of carbonyl (C=O) groups is 1. The summed E-state index contributed by atoms with van der Waals surface area (Å²) in [5.41, 5.74) is -4.49. The normalized spacial score (nSPS) is 12.7. The smallest absolute Gasteiger partial charge is 0.369 e. The molecule has 2 rings (SSSR count). The van der Waals surface area contributed by atoms with Crippen LogP contribution in [0.5, 0.6) is 0 Å². The van der Waals surface area contributed by atoms with E-state index in [4.69, 9.17) is 4.84 Å². The standard InChI is InChI=1S/C20H19F6NO3/c1-4-12-11-14(17(28)27(2)30-3)7-10-16(12)13-5-8-15(9-6-13)18(29,19(21,22)23)20(24,25)26/h5-11,29H,4H2,1-3H3. The fourth-order valence-corrected chi connectivity index (χ4v) is 2.94. The van der Waals surface area contributed by atoms with E-state index in [1.807, 2.05) is 0 Å². The van der Waals surface area contributed by atoms with Crippen molar-refractivity contribution >= 4 is 5.91 Å². The highest BCUT2D eigenvalue weighted by atomic mass is 19.4. The Morgan fingerprint density at radius 1 is 1.00 bits per heavy atom. The zero-order valence-electron chi connectivity index (χ0n) is 16.2. The topological polar surface area (TPSA) is 49.8 Å². The molecule has 0 aliphatic carbocycles. The van der Waals surface area contributed by atoms with Gasteiger partial charge < -0.3 is 5.11 Å². The summed E-state index contributed by atoms with van der Waals surface area (Å²) in [4.78, 5) is 17.0. The lowest BCUT2D eigenvalue weighted by atomic mass is 9.89. The van der Waals surface area contributed by atoms with E-state index < -0.39 is 29.4 Å². The Balaban J connectivity index is 2.49. The van der Waals surface area contributed by atoms with Crippen molar-refractivity contribution in [2.75, 3.05) is 14.2 Å². The summed E-state index contributed by atoms with van der Waals surface area (Å²) < 4.78 is 78.2. The Morgan fingerprint density at radius 2 is 1.53 bits per heavy atom. The average molecular weight is 435 g/mol. The van der Waals surface area contributed by atoms with Crippen LogP contribution in [0.1, 0.15) is 28.4 Å². The third-order valence-electron chi connectivity index (χ3n) is 4.73. The fourth-order valence-electron chi connectivity index (χ4n) is 2.94. The van der Waals surface area contributed by atoms with E-state index in [0.29, 0.717) is 40.8 Å². The number of hydrogen-bond donors (Lipinski definition) is 1. The molecule has 2 aromatic rings. The lowest BCUT2D eigenvalue weighted by Gasteiger charge is -2.32. The minimum Gasteiger partial charge on any atom is -0.369 e.